The molecule has 2 rings (SSSR count). The van der Waals surface area contributed by atoms with Crippen LogP contribution < -0.4 is 0 Å². The molecule has 1 N–H and O–H groups in total. The molecule has 2 aromatic rings. The van der Waals surface area contributed by atoms with E-state index in [1.165, 1.54) is 5.56 Å². The zero-order valence-corrected chi connectivity index (χ0v) is 19.8. The van der Waals surface area contributed by atoms with Crippen LogP contribution in [-0.2, 0) is 22.5 Å². The Morgan fingerprint density at radius 2 is 1.88 bits per heavy atom. The van der Waals surface area contributed by atoms with E-state index in [2.05, 4.69) is 53.7 Å². The van der Waals surface area contributed by atoms with Gasteiger partial charge in [0.15, 0.2) is 8.32 Å². The number of benzene rings is 1. The van der Waals surface area contributed by atoms with Crippen molar-refractivity contribution in [3.63, 3.8) is 0 Å². The standard InChI is InChI=1S/C19H29IN2O3Si/c1-18(2,3)25-16(23)12-22-15-9-8-13(10-14(15)17(20)21-22)11-19(4,5)26(6,7)24/h8-10,24H,11-12H2,1-7H3. The molecule has 1 aromatic heterocycles. The fourth-order valence-corrected chi connectivity index (χ4v) is 3.97. The molecule has 26 heavy (non-hydrogen) atoms. The predicted molar refractivity (Wildman–Crippen MR) is 116 cm³/mol. The fourth-order valence-electron chi connectivity index (χ4n) is 2.64. The Kier molecular flexibility index (Phi) is 5.95. The van der Waals surface area contributed by atoms with Crippen molar-refractivity contribution in [2.24, 2.45) is 0 Å². The number of halogens is 1. The summed E-state index contributed by atoms with van der Waals surface area (Å²) >= 11 is 2.20. The van der Waals surface area contributed by atoms with Gasteiger partial charge < -0.3 is 9.53 Å². The van der Waals surface area contributed by atoms with Gasteiger partial charge in [-0.1, -0.05) is 19.9 Å². The molecule has 0 spiro atoms. The molecule has 0 saturated heterocycles. The summed E-state index contributed by atoms with van der Waals surface area (Å²) in [7, 11) is -2.27. The lowest BCUT2D eigenvalue weighted by Crippen LogP contribution is -2.40. The Balaban J connectivity index is 2.29. The number of hydrogen-bond acceptors (Lipinski definition) is 4. The van der Waals surface area contributed by atoms with Gasteiger partial charge in [-0.05, 0) is 85.6 Å². The van der Waals surface area contributed by atoms with E-state index >= 15 is 0 Å². The fraction of sp³-hybridized carbons (Fsp3) is 0.579. The SMILES string of the molecule is CC(C)(C)OC(=O)Cn1nc(I)c2cc(CC(C)(C)[Si](C)(C)O)ccc21. The minimum atomic E-state index is -2.27. The topological polar surface area (TPSA) is 64.4 Å². The molecule has 0 aliphatic rings. The van der Waals surface area contributed by atoms with Gasteiger partial charge in [-0.15, -0.1) is 0 Å². The quantitative estimate of drug-likeness (QED) is 0.383. The van der Waals surface area contributed by atoms with Crippen molar-refractivity contribution >= 4 is 47.8 Å². The van der Waals surface area contributed by atoms with Crippen molar-refractivity contribution in [1.29, 1.82) is 0 Å². The second kappa shape index (κ2) is 7.24. The van der Waals surface area contributed by atoms with Crippen LogP contribution in [0.1, 0.15) is 40.2 Å². The molecule has 0 saturated carbocycles. The average molecular weight is 488 g/mol. The molecule has 0 unspecified atom stereocenters. The zero-order valence-electron chi connectivity index (χ0n) is 16.7. The van der Waals surface area contributed by atoms with Crippen LogP contribution in [0.5, 0.6) is 0 Å². The zero-order chi connectivity index (χ0) is 19.9. The van der Waals surface area contributed by atoms with Crippen LogP contribution in [0.15, 0.2) is 18.2 Å². The third kappa shape index (κ3) is 5.07. The van der Waals surface area contributed by atoms with Crippen molar-refractivity contribution < 1.29 is 14.3 Å². The van der Waals surface area contributed by atoms with Gasteiger partial charge in [-0.2, -0.15) is 5.10 Å². The Morgan fingerprint density at radius 1 is 1.27 bits per heavy atom. The summed E-state index contributed by atoms with van der Waals surface area (Å²) in [5.74, 6) is -0.295. The molecule has 144 valence electrons. The van der Waals surface area contributed by atoms with E-state index < -0.39 is 13.9 Å². The largest absolute Gasteiger partial charge is 0.459 e. The van der Waals surface area contributed by atoms with Gasteiger partial charge in [0.25, 0.3) is 0 Å². The first-order valence-corrected chi connectivity index (χ1v) is 12.8. The molecule has 0 atom stereocenters. The van der Waals surface area contributed by atoms with Gasteiger partial charge in [-0.3, -0.25) is 9.48 Å². The summed E-state index contributed by atoms with van der Waals surface area (Å²) in [6.07, 6.45) is 0.811. The average Bonchev–Trinajstić information content (AvgIpc) is 2.71. The Bertz CT molecular complexity index is 817. The molecule has 5 nitrogen and oxygen atoms in total. The van der Waals surface area contributed by atoms with Crippen LogP contribution in [0.2, 0.25) is 18.1 Å². The smallest absolute Gasteiger partial charge is 0.328 e. The van der Waals surface area contributed by atoms with Crippen molar-refractivity contribution in [2.45, 2.75) is 71.3 Å². The summed E-state index contributed by atoms with van der Waals surface area (Å²) in [5.41, 5.74) is 1.58. The first-order valence-electron chi connectivity index (χ1n) is 8.79. The number of ether oxygens (including phenoxy) is 1. The molecule has 0 amide bonds. The lowest BCUT2D eigenvalue weighted by Gasteiger charge is -2.35. The Labute approximate surface area is 170 Å². The number of carbonyl (C=O) groups is 1. The second-order valence-corrected chi connectivity index (χ2v) is 14.5. The van der Waals surface area contributed by atoms with Crippen molar-refractivity contribution in [3.05, 3.63) is 27.5 Å². The molecular formula is C19H29IN2O3Si. The first kappa shape index (κ1) is 21.4. The van der Waals surface area contributed by atoms with E-state index in [-0.39, 0.29) is 17.6 Å². The Morgan fingerprint density at radius 3 is 2.42 bits per heavy atom. The van der Waals surface area contributed by atoms with E-state index in [0.29, 0.717) is 0 Å². The number of esters is 1. The lowest BCUT2D eigenvalue weighted by atomic mass is 10.0. The maximum absolute atomic E-state index is 12.1. The van der Waals surface area contributed by atoms with Crippen LogP contribution in [0.25, 0.3) is 10.9 Å². The molecule has 0 radical (unpaired) electrons. The maximum Gasteiger partial charge on any atom is 0.328 e. The number of aromatic nitrogens is 2. The van der Waals surface area contributed by atoms with E-state index in [4.69, 9.17) is 4.74 Å². The van der Waals surface area contributed by atoms with Crippen molar-refractivity contribution in [3.8, 4) is 0 Å². The number of nitrogens with zero attached hydrogens (tertiary/aromatic N) is 2. The molecular weight excluding hydrogens is 459 g/mol. The van der Waals surface area contributed by atoms with Gasteiger partial charge in [-0.25, -0.2) is 0 Å². The van der Waals surface area contributed by atoms with Crippen LogP contribution in [0, 0.1) is 3.70 Å². The lowest BCUT2D eigenvalue weighted by molar-refractivity contribution is -0.155. The van der Waals surface area contributed by atoms with Crippen LogP contribution in [-0.4, -0.2) is 34.5 Å². The predicted octanol–water partition coefficient (Wildman–Crippen LogP) is 4.50. The summed E-state index contributed by atoms with van der Waals surface area (Å²) in [6.45, 7) is 13.9. The molecule has 1 aromatic carbocycles. The van der Waals surface area contributed by atoms with Gasteiger partial charge in [0.05, 0.1) is 5.52 Å². The highest BCUT2D eigenvalue weighted by Gasteiger charge is 2.38. The van der Waals surface area contributed by atoms with Crippen LogP contribution >= 0.6 is 22.6 Å². The summed E-state index contributed by atoms with van der Waals surface area (Å²) in [4.78, 5) is 22.7. The molecule has 1 heterocycles. The minimum absolute atomic E-state index is 0.0954. The van der Waals surface area contributed by atoms with E-state index in [0.717, 1.165) is 21.0 Å². The normalized spacial score (nSPS) is 13.3. The first-order chi connectivity index (χ1) is 11.7. The molecule has 0 aliphatic carbocycles. The van der Waals surface area contributed by atoms with Crippen LogP contribution in [0.4, 0.5) is 0 Å². The molecule has 7 heteroatoms. The maximum atomic E-state index is 12.1. The van der Waals surface area contributed by atoms with E-state index in [1.807, 2.05) is 39.9 Å². The third-order valence-corrected chi connectivity index (χ3v) is 9.06. The molecule has 0 bridgehead atoms. The number of hydrogen-bond donors (Lipinski definition) is 1. The summed E-state index contributed by atoms with van der Waals surface area (Å²) < 4.78 is 7.96. The number of fused-ring (bicyclic) bond motifs is 1. The monoisotopic (exact) mass is 488 g/mol. The molecule has 0 aliphatic heterocycles. The van der Waals surface area contributed by atoms with Gasteiger partial charge in [0.2, 0.25) is 0 Å². The van der Waals surface area contributed by atoms with Crippen LogP contribution in [0.3, 0.4) is 0 Å². The van der Waals surface area contributed by atoms with Gasteiger partial charge >= 0.3 is 5.97 Å². The van der Waals surface area contributed by atoms with Crippen molar-refractivity contribution in [1.82, 2.24) is 9.78 Å². The minimum Gasteiger partial charge on any atom is -0.459 e. The summed E-state index contributed by atoms with van der Waals surface area (Å²) in [6, 6.07) is 6.19. The van der Waals surface area contributed by atoms with E-state index in [1.54, 1.807) is 4.68 Å². The number of rotatable bonds is 5. The number of carbonyl (C=O) groups excluding carboxylic acids is 1. The molecule has 0 fully saturated rings. The van der Waals surface area contributed by atoms with Gasteiger partial charge in [0, 0.05) is 5.39 Å². The van der Waals surface area contributed by atoms with E-state index in [9.17, 15) is 9.59 Å². The highest BCUT2D eigenvalue weighted by molar-refractivity contribution is 14.1. The summed E-state index contributed by atoms with van der Waals surface area (Å²) in [5, 5.41) is 5.41. The second-order valence-electron chi connectivity index (χ2n) is 9.01. The third-order valence-electron chi connectivity index (χ3n) is 4.77. The van der Waals surface area contributed by atoms with Crippen molar-refractivity contribution in [2.75, 3.05) is 0 Å². The van der Waals surface area contributed by atoms with Gasteiger partial charge in [0.1, 0.15) is 15.8 Å². The highest BCUT2D eigenvalue weighted by Crippen LogP contribution is 2.39. The highest BCUT2D eigenvalue weighted by atomic mass is 127. The Hall–Kier alpha value is -0.933.